The minimum absolute atomic E-state index is 0.00485. The molecule has 0 aliphatic carbocycles. The predicted octanol–water partition coefficient (Wildman–Crippen LogP) is 1.41. The van der Waals surface area contributed by atoms with Crippen molar-refractivity contribution in [3.8, 4) is 0 Å². The molecule has 1 fully saturated rings. The fraction of sp³-hybridized carbons (Fsp3) is 0.389. The highest BCUT2D eigenvalue weighted by Crippen LogP contribution is 2.23. The van der Waals surface area contributed by atoms with Gasteiger partial charge in [-0.2, -0.15) is 0 Å². The fourth-order valence-corrected chi connectivity index (χ4v) is 3.05. The first-order chi connectivity index (χ1) is 11.5. The molecule has 1 aromatic heterocycles. The van der Waals surface area contributed by atoms with Gasteiger partial charge in [-0.3, -0.25) is 9.59 Å². The standard InChI is InChI=1S/C18H22N4O2/c1-12-3-5-13(6-4-12)9-17(24)20-14-7-8-16(23)21-18(14)15-10-19-11-22(15)2/h3-6,10-11,14,18H,7-9H2,1-2H3,(H,20,24)(H,21,23)/t14-,18-/m1/s1. The van der Waals surface area contributed by atoms with Crippen molar-refractivity contribution in [3.63, 3.8) is 0 Å². The van der Waals surface area contributed by atoms with E-state index in [0.717, 1.165) is 11.3 Å². The highest BCUT2D eigenvalue weighted by atomic mass is 16.2. The number of rotatable bonds is 4. The summed E-state index contributed by atoms with van der Waals surface area (Å²) in [6, 6.07) is 7.56. The van der Waals surface area contributed by atoms with E-state index in [-0.39, 0.29) is 23.9 Å². The van der Waals surface area contributed by atoms with Crippen LogP contribution in [0.25, 0.3) is 0 Å². The number of benzene rings is 1. The molecule has 1 aliphatic heterocycles. The molecule has 0 bridgehead atoms. The number of aryl methyl sites for hydroxylation is 2. The first kappa shape index (κ1) is 16.2. The molecule has 0 spiro atoms. The van der Waals surface area contributed by atoms with Crippen LogP contribution in [-0.2, 0) is 23.1 Å². The van der Waals surface area contributed by atoms with Gasteiger partial charge in [0.1, 0.15) is 0 Å². The van der Waals surface area contributed by atoms with Crippen molar-refractivity contribution in [2.24, 2.45) is 7.05 Å². The molecule has 2 N–H and O–H groups in total. The number of carbonyl (C=O) groups excluding carboxylic acids is 2. The molecular formula is C18H22N4O2. The molecule has 6 nitrogen and oxygen atoms in total. The molecule has 0 radical (unpaired) electrons. The van der Waals surface area contributed by atoms with Crippen LogP contribution in [0.4, 0.5) is 0 Å². The second kappa shape index (κ2) is 6.86. The van der Waals surface area contributed by atoms with E-state index in [2.05, 4.69) is 15.6 Å². The summed E-state index contributed by atoms with van der Waals surface area (Å²) in [5, 5.41) is 6.05. The van der Waals surface area contributed by atoms with Gasteiger partial charge >= 0.3 is 0 Å². The van der Waals surface area contributed by atoms with Crippen LogP contribution in [0.5, 0.6) is 0 Å². The average molecular weight is 326 g/mol. The largest absolute Gasteiger partial charge is 0.351 e. The third-order valence-corrected chi connectivity index (χ3v) is 4.41. The van der Waals surface area contributed by atoms with Gasteiger partial charge in [0.15, 0.2) is 0 Å². The molecule has 2 amide bonds. The minimum atomic E-state index is -0.249. The third kappa shape index (κ3) is 3.64. The van der Waals surface area contributed by atoms with Crippen LogP contribution in [-0.4, -0.2) is 27.4 Å². The summed E-state index contributed by atoms with van der Waals surface area (Å²) < 4.78 is 1.87. The lowest BCUT2D eigenvalue weighted by Crippen LogP contribution is -2.50. The maximum atomic E-state index is 12.4. The quantitative estimate of drug-likeness (QED) is 0.892. The van der Waals surface area contributed by atoms with Crippen LogP contribution in [0, 0.1) is 6.92 Å². The molecule has 1 aliphatic rings. The van der Waals surface area contributed by atoms with E-state index >= 15 is 0 Å². The van der Waals surface area contributed by atoms with E-state index < -0.39 is 0 Å². The SMILES string of the molecule is Cc1ccc(CC(=O)N[C@@H]2CCC(=O)N[C@H]2c2cncn2C)cc1. The number of carbonyl (C=O) groups is 2. The van der Waals surface area contributed by atoms with Crippen LogP contribution in [0.2, 0.25) is 0 Å². The lowest BCUT2D eigenvalue weighted by Gasteiger charge is -2.33. The van der Waals surface area contributed by atoms with Gasteiger partial charge in [0, 0.05) is 13.5 Å². The van der Waals surface area contributed by atoms with Crippen LogP contribution < -0.4 is 10.6 Å². The monoisotopic (exact) mass is 326 g/mol. The number of piperidine rings is 1. The smallest absolute Gasteiger partial charge is 0.224 e. The van der Waals surface area contributed by atoms with Gasteiger partial charge in [0.05, 0.1) is 36.7 Å². The zero-order valence-electron chi connectivity index (χ0n) is 14.0. The Morgan fingerprint density at radius 3 is 2.79 bits per heavy atom. The second-order valence-electron chi connectivity index (χ2n) is 6.35. The Balaban J connectivity index is 1.69. The molecule has 1 aromatic carbocycles. The van der Waals surface area contributed by atoms with Crippen molar-refractivity contribution in [1.82, 2.24) is 20.2 Å². The summed E-state index contributed by atoms with van der Waals surface area (Å²) in [6.45, 7) is 2.02. The molecule has 2 heterocycles. The van der Waals surface area contributed by atoms with Crippen molar-refractivity contribution in [1.29, 1.82) is 0 Å². The zero-order chi connectivity index (χ0) is 17.1. The Morgan fingerprint density at radius 2 is 2.12 bits per heavy atom. The predicted molar refractivity (Wildman–Crippen MR) is 90.1 cm³/mol. The van der Waals surface area contributed by atoms with Crippen LogP contribution in [0.15, 0.2) is 36.8 Å². The summed E-state index contributed by atoms with van der Waals surface area (Å²) in [5.41, 5.74) is 3.05. The van der Waals surface area contributed by atoms with Crippen LogP contribution in [0.1, 0.15) is 35.7 Å². The van der Waals surface area contributed by atoms with Gasteiger partial charge in [-0.1, -0.05) is 29.8 Å². The molecular weight excluding hydrogens is 304 g/mol. The van der Waals surface area contributed by atoms with Gasteiger partial charge in [0.2, 0.25) is 11.8 Å². The van der Waals surface area contributed by atoms with Crippen molar-refractivity contribution in [3.05, 3.63) is 53.6 Å². The number of aromatic nitrogens is 2. The van der Waals surface area contributed by atoms with E-state index in [9.17, 15) is 9.59 Å². The Bertz CT molecular complexity index is 736. The highest BCUT2D eigenvalue weighted by molar-refractivity contribution is 5.81. The Hall–Kier alpha value is -2.63. The lowest BCUT2D eigenvalue weighted by atomic mass is 9.95. The molecule has 3 rings (SSSR count). The number of nitrogens with one attached hydrogen (secondary N) is 2. The Kier molecular flexibility index (Phi) is 4.64. The zero-order valence-corrected chi connectivity index (χ0v) is 14.0. The maximum Gasteiger partial charge on any atom is 0.224 e. The molecule has 0 unspecified atom stereocenters. The molecule has 6 heteroatoms. The summed E-state index contributed by atoms with van der Waals surface area (Å²) in [6.07, 6.45) is 4.81. The normalized spacial score (nSPS) is 20.5. The van der Waals surface area contributed by atoms with Crippen molar-refractivity contribution < 1.29 is 9.59 Å². The first-order valence-electron chi connectivity index (χ1n) is 8.13. The van der Waals surface area contributed by atoms with Gasteiger partial charge in [-0.15, -0.1) is 0 Å². The van der Waals surface area contributed by atoms with Crippen molar-refractivity contribution >= 4 is 11.8 Å². The molecule has 1 saturated heterocycles. The summed E-state index contributed by atoms with van der Waals surface area (Å²) in [4.78, 5) is 28.3. The highest BCUT2D eigenvalue weighted by Gasteiger charge is 2.32. The molecule has 24 heavy (non-hydrogen) atoms. The number of hydrogen-bond acceptors (Lipinski definition) is 3. The second-order valence-corrected chi connectivity index (χ2v) is 6.35. The van der Waals surface area contributed by atoms with Gasteiger partial charge in [0.25, 0.3) is 0 Å². The maximum absolute atomic E-state index is 12.4. The topological polar surface area (TPSA) is 76.0 Å². The van der Waals surface area contributed by atoms with E-state index in [0.29, 0.717) is 19.3 Å². The minimum Gasteiger partial charge on any atom is -0.351 e. The number of nitrogens with zero attached hydrogens (tertiary/aromatic N) is 2. The van der Waals surface area contributed by atoms with Crippen molar-refractivity contribution in [2.45, 2.75) is 38.3 Å². The van der Waals surface area contributed by atoms with Crippen molar-refractivity contribution in [2.75, 3.05) is 0 Å². The van der Waals surface area contributed by atoms with E-state index in [1.54, 1.807) is 12.5 Å². The van der Waals surface area contributed by atoms with Gasteiger partial charge < -0.3 is 15.2 Å². The molecule has 0 saturated carbocycles. The molecule has 2 atom stereocenters. The average Bonchev–Trinajstić information content (AvgIpc) is 2.97. The van der Waals surface area contributed by atoms with Crippen LogP contribution in [0.3, 0.4) is 0 Å². The molecule has 2 aromatic rings. The lowest BCUT2D eigenvalue weighted by molar-refractivity contribution is -0.126. The number of hydrogen-bond donors (Lipinski definition) is 2. The van der Waals surface area contributed by atoms with Gasteiger partial charge in [-0.05, 0) is 18.9 Å². The van der Waals surface area contributed by atoms with Gasteiger partial charge in [-0.25, -0.2) is 4.98 Å². The third-order valence-electron chi connectivity index (χ3n) is 4.41. The fourth-order valence-electron chi connectivity index (χ4n) is 3.05. The first-order valence-corrected chi connectivity index (χ1v) is 8.13. The van der Waals surface area contributed by atoms with E-state index in [1.807, 2.05) is 42.8 Å². The Labute approximate surface area is 141 Å². The number of amides is 2. The summed E-state index contributed by atoms with van der Waals surface area (Å²) >= 11 is 0. The Morgan fingerprint density at radius 1 is 1.38 bits per heavy atom. The van der Waals surface area contributed by atoms with Crippen LogP contribution >= 0.6 is 0 Å². The van der Waals surface area contributed by atoms with E-state index in [4.69, 9.17) is 0 Å². The molecule has 126 valence electrons. The summed E-state index contributed by atoms with van der Waals surface area (Å²) in [5.74, 6) is -0.0302. The van der Waals surface area contributed by atoms with E-state index in [1.165, 1.54) is 5.56 Å². The summed E-state index contributed by atoms with van der Waals surface area (Å²) in [7, 11) is 1.88. The number of imidazole rings is 1.